The maximum Gasteiger partial charge on any atom is 0.243 e. The van der Waals surface area contributed by atoms with Gasteiger partial charge in [0.25, 0.3) is 0 Å². The minimum atomic E-state index is -3.54. The van der Waals surface area contributed by atoms with Gasteiger partial charge in [-0.2, -0.15) is 4.31 Å². The predicted molar refractivity (Wildman–Crippen MR) is 122 cm³/mol. The molecule has 1 aliphatic heterocycles. The maximum atomic E-state index is 13.1. The fourth-order valence-electron chi connectivity index (χ4n) is 3.78. The second-order valence-electron chi connectivity index (χ2n) is 7.50. The lowest BCUT2D eigenvalue weighted by atomic mass is 10.1. The van der Waals surface area contributed by atoms with E-state index < -0.39 is 10.0 Å². The highest BCUT2D eigenvalue weighted by molar-refractivity contribution is 7.89. The predicted octanol–water partition coefficient (Wildman–Crippen LogP) is 2.84. The number of hydrogen-bond acceptors (Lipinski definition) is 6. The lowest BCUT2D eigenvalue weighted by Crippen LogP contribution is -2.49. The van der Waals surface area contributed by atoms with Crippen LogP contribution in [0.25, 0.3) is 16.9 Å². The molecule has 1 aliphatic rings. The normalized spacial score (nSPS) is 15.1. The Labute approximate surface area is 186 Å². The second kappa shape index (κ2) is 8.52. The van der Waals surface area contributed by atoms with Gasteiger partial charge in [0.05, 0.1) is 4.90 Å². The van der Waals surface area contributed by atoms with Crippen molar-refractivity contribution in [2.24, 2.45) is 0 Å². The molecule has 0 amide bonds. The van der Waals surface area contributed by atoms with Crippen LogP contribution in [0, 0.1) is 0 Å². The number of benzene rings is 2. The van der Waals surface area contributed by atoms with Crippen molar-refractivity contribution in [2.75, 3.05) is 31.1 Å². The Bertz CT molecular complexity index is 1270. The van der Waals surface area contributed by atoms with Gasteiger partial charge in [-0.05, 0) is 35.4 Å². The van der Waals surface area contributed by atoms with Crippen molar-refractivity contribution in [3.63, 3.8) is 0 Å². The molecule has 8 nitrogen and oxygen atoms in total. The highest BCUT2D eigenvalue weighted by Crippen LogP contribution is 2.24. The van der Waals surface area contributed by atoms with Crippen molar-refractivity contribution >= 4 is 15.8 Å². The standard InChI is InChI=1S/C23H22N6O2S/c30-32(31,21-8-6-20(7-9-21)19-4-2-1-3-5-19)29-16-14-27(15-17-29)22-10-11-23(26-25-22)28-13-12-24-18-28/h1-13,18H,14-17H2. The average Bonchev–Trinajstić information content (AvgIpc) is 3.40. The number of hydrogen-bond donors (Lipinski definition) is 0. The number of aromatic nitrogens is 4. The molecule has 3 heterocycles. The number of imidazole rings is 1. The molecule has 0 unspecified atom stereocenters. The van der Waals surface area contributed by atoms with Crippen molar-refractivity contribution in [3.8, 4) is 16.9 Å². The first-order chi connectivity index (χ1) is 15.6. The van der Waals surface area contributed by atoms with E-state index in [4.69, 9.17) is 0 Å². The SMILES string of the molecule is O=S(=O)(c1ccc(-c2ccccc2)cc1)N1CCN(c2ccc(-n3ccnc3)nn2)CC1. The number of rotatable bonds is 5. The van der Waals surface area contributed by atoms with Crippen LogP contribution in [0.5, 0.6) is 0 Å². The van der Waals surface area contributed by atoms with Gasteiger partial charge in [0, 0.05) is 38.6 Å². The average molecular weight is 447 g/mol. The van der Waals surface area contributed by atoms with E-state index in [0.717, 1.165) is 16.9 Å². The third kappa shape index (κ3) is 4.00. The van der Waals surface area contributed by atoms with E-state index in [2.05, 4.69) is 20.1 Å². The maximum absolute atomic E-state index is 13.1. The minimum Gasteiger partial charge on any atom is -0.352 e. The van der Waals surface area contributed by atoms with Gasteiger partial charge in [-0.15, -0.1) is 10.2 Å². The molecule has 1 fully saturated rings. The molecule has 162 valence electrons. The Morgan fingerprint density at radius 3 is 2.00 bits per heavy atom. The Morgan fingerprint density at radius 1 is 0.719 bits per heavy atom. The van der Waals surface area contributed by atoms with E-state index in [1.54, 1.807) is 35.4 Å². The van der Waals surface area contributed by atoms with E-state index in [-0.39, 0.29) is 0 Å². The third-order valence-corrected chi connectivity index (χ3v) is 7.48. The molecule has 0 bridgehead atoms. The zero-order valence-electron chi connectivity index (χ0n) is 17.3. The molecule has 0 saturated carbocycles. The van der Waals surface area contributed by atoms with Crippen LogP contribution >= 0.6 is 0 Å². The van der Waals surface area contributed by atoms with Crippen LogP contribution in [0.3, 0.4) is 0 Å². The van der Waals surface area contributed by atoms with Gasteiger partial charge >= 0.3 is 0 Å². The molecule has 2 aromatic heterocycles. The molecule has 0 spiro atoms. The fraction of sp³-hybridized carbons (Fsp3) is 0.174. The Hall–Kier alpha value is -3.56. The van der Waals surface area contributed by atoms with E-state index >= 15 is 0 Å². The van der Waals surface area contributed by atoms with Crippen molar-refractivity contribution in [2.45, 2.75) is 4.90 Å². The van der Waals surface area contributed by atoms with Gasteiger partial charge in [-0.25, -0.2) is 13.4 Å². The van der Waals surface area contributed by atoms with E-state index in [1.165, 1.54) is 4.31 Å². The van der Waals surface area contributed by atoms with Crippen molar-refractivity contribution in [1.29, 1.82) is 0 Å². The van der Waals surface area contributed by atoms with Gasteiger partial charge in [0.2, 0.25) is 10.0 Å². The molecule has 0 N–H and O–H groups in total. The first-order valence-corrected chi connectivity index (χ1v) is 11.8. The quantitative estimate of drug-likeness (QED) is 0.469. The molecule has 4 aromatic rings. The summed E-state index contributed by atoms with van der Waals surface area (Å²) in [5.41, 5.74) is 2.05. The fourth-order valence-corrected chi connectivity index (χ4v) is 5.20. The van der Waals surface area contributed by atoms with Gasteiger partial charge < -0.3 is 4.90 Å². The van der Waals surface area contributed by atoms with E-state index in [1.807, 2.05) is 54.6 Å². The summed E-state index contributed by atoms with van der Waals surface area (Å²) in [6, 6.07) is 20.8. The Kier molecular flexibility index (Phi) is 5.42. The summed E-state index contributed by atoms with van der Waals surface area (Å²) in [4.78, 5) is 6.38. The molecule has 0 aliphatic carbocycles. The summed E-state index contributed by atoms with van der Waals surface area (Å²) in [5, 5.41) is 8.55. The summed E-state index contributed by atoms with van der Waals surface area (Å²) in [7, 11) is -3.54. The first kappa shape index (κ1) is 20.3. The van der Waals surface area contributed by atoms with Gasteiger partial charge in [-0.3, -0.25) is 4.57 Å². The zero-order chi connectivity index (χ0) is 22.0. The van der Waals surface area contributed by atoms with Gasteiger partial charge in [0.15, 0.2) is 11.6 Å². The van der Waals surface area contributed by atoms with Crippen LogP contribution in [-0.4, -0.2) is 58.7 Å². The number of piperazine rings is 1. The smallest absolute Gasteiger partial charge is 0.243 e. The molecule has 5 rings (SSSR count). The lowest BCUT2D eigenvalue weighted by molar-refractivity contribution is 0.383. The molecule has 0 atom stereocenters. The summed E-state index contributed by atoms with van der Waals surface area (Å²) >= 11 is 0. The number of sulfonamides is 1. The molecular weight excluding hydrogens is 424 g/mol. The highest BCUT2D eigenvalue weighted by atomic mass is 32.2. The zero-order valence-corrected chi connectivity index (χ0v) is 18.1. The van der Waals surface area contributed by atoms with Crippen molar-refractivity contribution < 1.29 is 8.42 Å². The van der Waals surface area contributed by atoms with Crippen LogP contribution in [0.1, 0.15) is 0 Å². The molecular formula is C23H22N6O2S. The van der Waals surface area contributed by atoms with Crippen molar-refractivity contribution in [1.82, 2.24) is 24.1 Å². The molecule has 32 heavy (non-hydrogen) atoms. The number of nitrogens with zero attached hydrogens (tertiary/aromatic N) is 6. The largest absolute Gasteiger partial charge is 0.352 e. The first-order valence-electron chi connectivity index (χ1n) is 10.3. The topological polar surface area (TPSA) is 84.2 Å². The summed E-state index contributed by atoms with van der Waals surface area (Å²) in [5.74, 6) is 1.42. The van der Waals surface area contributed by atoms with E-state index in [0.29, 0.717) is 36.9 Å². The van der Waals surface area contributed by atoms with Gasteiger partial charge in [0.1, 0.15) is 6.33 Å². The van der Waals surface area contributed by atoms with Crippen LogP contribution in [0.15, 0.2) is 90.3 Å². The van der Waals surface area contributed by atoms with Crippen LogP contribution < -0.4 is 4.90 Å². The summed E-state index contributed by atoms with van der Waals surface area (Å²) < 4.78 is 29.6. The minimum absolute atomic E-state index is 0.315. The summed E-state index contributed by atoms with van der Waals surface area (Å²) in [6.07, 6.45) is 5.16. The molecule has 0 radical (unpaired) electrons. The molecule has 9 heteroatoms. The van der Waals surface area contributed by atoms with Gasteiger partial charge in [-0.1, -0.05) is 42.5 Å². The summed E-state index contributed by atoms with van der Waals surface area (Å²) in [6.45, 7) is 1.91. The Morgan fingerprint density at radius 2 is 1.38 bits per heavy atom. The Balaban J connectivity index is 1.25. The van der Waals surface area contributed by atoms with Crippen LogP contribution in [-0.2, 0) is 10.0 Å². The van der Waals surface area contributed by atoms with Crippen LogP contribution in [0.2, 0.25) is 0 Å². The second-order valence-corrected chi connectivity index (χ2v) is 9.44. The highest BCUT2D eigenvalue weighted by Gasteiger charge is 2.29. The lowest BCUT2D eigenvalue weighted by Gasteiger charge is -2.34. The van der Waals surface area contributed by atoms with E-state index in [9.17, 15) is 8.42 Å². The molecule has 2 aromatic carbocycles. The van der Waals surface area contributed by atoms with Crippen LogP contribution in [0.4, 0.5) is 5.82 Å². The molecule has 1 saturated heterocycles. The monoisotopic (exact) mass is 446 g/mol. The number of anilines is 1. The third-order valence-electron chi connectivity index (χ3n) is 5.57. The van der Waals surface area contributed by atoms with Crippen molar-refractivity contribution in [3.05, 3.63) is 85.5 Å².